The lowest BCUT2D eigenvalue weighted by Crippen LogP contribution is -2.23. The van der Waals surface area contributed by atoms with Gasteiger partial charge in [0, 0.05) is 18.7 Å². The number of hydrogen-bond donors (Lipinski definition) is 0. The van der Waals surface area contributed by atoms with Gasteiger partial charge in [0.15, 0.2) is 0 Å². The third kappa shape index (κ3) is 2.83. The molecule has 0 unspecified atom stereocenters. The summed E-state index contributed by atoms with van der Waals surface area (Å²) in [5, 5.41) is 8.68. The summed E-state index contributed by atoms with van der Waals surface area (Å²) in [6, 6.07) is 6.67. The van der Waals surface area contributed by atoms with Gasteiger partial charge in [0.25, 0.3) is 0 Å². The fraction of sp³-hybridized carbons (Fsp3) is 0.500. The predicted octanol–water partition coefficient (Wildman–Crippen LogP) is 2.93. The van der Waals surface area contributed by atoms with Crippen LogP contribution in [0.4, 0.5) is 4.39 Å². The van der Waals surface area contributed by atoms with E-state index in [1.165, 1.54) is 6.07 Å². The third-order valence-electron chi connectivity index (χ3n) is 3.33. The lowest BCUT2D eigenvalue weighted by Gasteiger charge is -2.19. The molecule has 0 atom stereocenters. The van der Waals surface area contributed by atoms with Crippen molar-refractivity contribution < 1.29 is 4.39 Å². The maximum Gasteiger partial charge on any atom is 0.129 e. The van der Waals surface area contributed by atoms with Gasteiger partial charge in [0.05, 0.1) is 11.6 Å². The Labute approximate surface area is 102 Å². The van der Waals surface area contributed by atoms with E-state index >= 15 is 0 Å². The minimum atomic E-state index is -0.270. The second-order valence-corrected chi connectivity index (χ2v) is 5.54. The second-order valence-electron chi connectivity index (χ2n) is 5.54. The van der Waals surface area contributed by atoms with Crippen LogP contribution in [0.2, 0.25) is 0 Å². The molecule has 1 aliphatic rings. The standard InChI is InChI=1S/C14H17FN2/c1-14(2)5-6-17(10-14)9-12-4-3-11(8-16)7-13(12)15/h3-4,7H,5-6,9-10H2,1-2H3. The summed E-state index contributed by atoms with van der Waals surface area (Å²) in [6.07, 6.45) is 1.16. The van der Waals surface area contributed by atoms with Crippen molar-refractivity contribution in [2.45, 2.75) is 26.8 Å². The molecule has 0 radical (unpaired) electrons. The molecule has 0 N–H and O–H groups in total. The smallest absolute Gasteiger partial charge is 0.129 e. The molecule has 0 aromatic heterocycles. The van der Waals surface area contributed by atoms with E-state index < -0.39 is 0 Å². The number of nitriles is 1. The zero-order valence-electron chi connectivity index (χ0n) is 10.3. The second kappa shape index (κ2) is 4.46. The van der Waals surface area contributed by atoms with Gasteiger partial charge >= 0.3 is 0 Å². The molecule has 1 heterocycles. The molecular formula is C14H17FN2. The van der Waals surface area contributed by atoms with Crippen LogP contribution in [0.5, 0.6) is 0 Å². The molecule has 2 rings (SSSR count). The SMILES string of the molecule is CC1(C)CCN(Cc2ccc(C#N)cc2F)C1. The number of likely N-dealkylation sites (tertiary alicyclic amines) is 1. The molecule has 0 aliphatic carbocycles. The van der Waals surface area contributed by atoms with E-state index in [4.69, 9.17) is 5.26 Å². The van der Waals surface area contributed by atoms with Crippen molar-refractivity contribution in [2.24, 2.45) is 5.41 Å². The molecule has 3 heteroatoms. The van der Waals surface area contributed by atoms with Crippen LogP contribution in [-0.4, -0.2) is 18.0 Å². The average Bonchev–Trinajstić information content (AvgIpc) is 2.61. The van der Waals surface area contributed by atoms with E-state index in [1.54, 1.807) is 12.1 Å². The molecule has 90 valence electrons. The van der Waals surface area contributed by atoms with Gasteiger partial charge in [-0.25, -0.2) is 4.39 Å². The Morgan fingerprint density at radius 3 is 2.76 bits per heavy atom. The summed E-state index contributed by atoms with van der Waals surface area (Å²) in [6.45, 7) is 7.14. The summed E-state index contributed by atoms with van der Waals surface area (Å²) in [4.78, 5) is 2.27. The van der Waals surface area contributed by atoms with Crippen molar-refractivity contribution in [1.29, 1.82) is 5.26 Å². The van der Waals surface area contributed by atoms with Gasteiger partial charge in [0.1, 0.15) is 5.82 Å². The maximum atomic E-state index is 13.7. The summed E-state index contributed by atoms with van der Waals surface area (Å²) < 4.78 is 13.7. The van der Waals surface area contributed by atoms with Crippen LogP contribution in [-0.2, 0) is 6.54 Å². The summed E-state index contributed by atoms with van der Waals surface area (Å²) in [5.41, 5.74) is 1.40. The van der Waals surface area contributed by atoms with E-state index in [0.717, 1.165) is 19.5 Å². The topological polar surface area (TPSA) is 27.0 Å². The Kier molecular flexibility index (Phi) is 3.17. The van der Waals surface area contributed by atoms with E-state index in [-0.39, 0.29) is 5.82 Å². The summed E-state index contributed by atoms with van der Waals surface area (Å²) in [5.74, 6) is -0.270. The van der Waals surface area contributed by atoms with Gasteiger partial charge in [0.2, 0.25) is 0 Å². The first kappa shape index (κ1) is 12.1. The quantitative estimate of drug-likeness (QED) is 0.784. The molecule has 1 saturated heterocycles. The van der Waals surface area contributed by atoms with E-state index in [2.05, 4.69) is 18.7 Å². The lowest BCUT2D eigenvalue weighted by atomic mass is 9.93. The minimum Gasteiger partial charge on any atom is -0.298 e. The van der Waals surface area contributed by atoms with E-state index in [0.29, 0.717) is 23.1 Å². The molecule has 1 aromatic carbocycles. The van der Waals surface area contributed by atoms with Crippen LogP contribution in [0, 0.1) is 22.6 Å². The highest BCUT2D eigenvalue weighted by atomic mass is 19.1. The van der Waals surface area contributed by atoms with E-state index in [9.17, 15) is 4.39 Å². The monoisotopic (exact) mass is 232 g/mol. The van der Waals surface area contributed by atoms with Crippen LogP contribution in [0.3, 0.4) is 0 Å². The fourth-order valence-electron chi connectivity index (χ4n) is 2.35. The first-order chi connectivity index (χ1) is 8.00. The van der Waals surface area contributed by atoms with Gasteiger partial charge in [-0.05, 0) is 30.5 Å². The largest absolute Gasteiger partial charge is 0.298 e. The Bertz CT molecular complexity index is 460. The highest BCUT2D eigenvalue weighted by Gasteiger charge is 2.29. The molecule has 1 aromatic rings. The molecule has 0 spiro atoms. The molecule has 1 aliphatic heterocycles. The Morgan fingerprint density at radius 1 is 1.47 bits per heavy atom. The Morgan fingerprint density at radius 2 is 2.24 bits per heavy atom. The first-order valence-corrected chi connectivity index (χ1v) is 5.91. The van der Waals surface area contributed by atoms with Crippen LogP contribution in [0.1, 0.15) is 31.4 Å². The molecular weight excluding hydrogens is 215 g/mol. The van der Waals surface area contributed by atoms with Crippen molar-refractivity contribution in [3.63, 3.8) is 0 Å². The van der Waals surface area contributed by atoms with Crippen molar-refractivity contribution in [3.8, 4) is 6.07 Å². The van der Waals surface area contributed by atoms with Crippen molar-refractivity contribution >= 4 is 0 Å². The first-order valence-electron chi connectivity index (χ1n) is 5.91. The zero-order valence-corrected chi connectivity index (χ0v) is 10.3. The molecule has 0 amide bonds. The fourth-order valence-corrected chi connectivity index (χ4v) is 2.35. The average molecular weight is 232 g/mol. The van der Waals surface area contributed by atoms with Crippen molar-refractivity contribution in [1.82, 2.24) is 4.90 Å². The third-order valence-corrected chi connectivity index (χ3v) is 3.33. The number of halogens is 1. The zero-order chi connectivity index (χ0) is 12.5. The normalized spacial score (nSPS) is 19.2. The lowest BCUT2D eigenvalue weighted by molar-refractivity contribution is 0.281. The highest BCUT2D eigenvalue weighted by Crippen LogP contribution is 2.30. The summed E-state index contributed by atoms with van der Waals surface area (Å²) >= 11 is 0. The molecule has 0 saturated carbocycles. The molecule has 1 fully saturated rings. The highest BCUT2D eigenvalue weighted by molar-refractivity contribution is 5.32. The van der Waals surface area contributed by atoms with Crippen LogP contribution >= 0.6 is 0 Å². The number of benzene rings is 1. The van der Waals surface area contributed by atoms with Crippen molar-refractivity contribution in [2.75, 3.05) is 13.1 Å². The van der Waals surface area contributed by atoms with Crippen LogP contribution in [0.25, 0.3) is 0 Å². The van der Waals surface area contributed by atoms with Gasteiger partial charge in [-0.2, -0.15) is 5.26 Å². The maximum absolute atomic E-state index is 13.7. The van der Waals surface area contributed by atoms with E-state index in [1.807, 2.05) is 6.07 Å². The van der Waals surface area contributed by atoms with Crippen LogP contribution < -0.4 is 0 Å². The Balaban J connectivity index is 2.08. The Hall–Kier alpha value is -1.40. The minimum absolute atomic E-state index is 0.270. The molecule has 2 nitrogen and oxygen atoms in total. The predicted molar refractivity (Wildman–Crippen MR) is 64.8 cm³/mol. The number of hydrogen-bond acceptors (Lipinski definition) is 2. The number of rotatable bonds is 2. The number of nitrogens with zero attached hydrogens (tertiary/aromatic N) is 2. The molecule has 17 heavy (non-hydrogen) atoms. The van der Waals surface area contributed by atoms with Crippen molar-refractivity contribution in [3.05, 3.63) is 35.1 Å². The van der Waals surface area contributed by atoms with Gasteiger partial charge < -0.3 is 0 Å². The van der Waals surface area contributed by atoms with Gasteiger partial charge in [-0.3, -0.25) is 4.90 Å². The van der Waals surface area contributed by atoms with Gasteiger partial charge in [-0.1, -0.05) is 19.9 Å². The summed E-state index contributed by atoms with van der Waals surface area (Å²) in [7, 11) is 0. The molecule has 0 bridgehead atoms. The van der Waals surface area contributed by atoms with Gasteiger partial charge in [-0.15, -0.1) is 0 Å². The van der Waals surface area contributed by atoms with Crippen LogP contribution in [0.15, 0.2) is 18.2 Å².